The van der Waals surface area contributed by atoms with Crippen molar-refractivity contribution in [2.24, 2.45) is 5.92 Å². The van der Waals surface area contributed by atoms with Gasteiger partial charge in [0.1, 0.15) is 0 Å². The highest BCUT2D eigenvalue weighted by Crippen LogP contribution is 2.17. The van der Waals surface area contributed by atoms with Crippen LogP contribution in [-0.2, 0) is 9.53 Å². The maximum absolute atomic E-state index is 11.9. The first-order valence-corrected chi connectivity index (χ1v) is 6.98. The molecule has 0 aromatic rings. The maximum Gasteiger partial charge on any atom is 0.239 e. The Morgan fingerprint density at radius 2 is 2.06 bits per heavy atom. The third kappa shape index (κ3) is 4.58. The molecule has 1 aliphatic heterocycles. The second-order valence-electron chi connectivity index (χ2n) is 5.87. The van der Waals surface area contributed by atoms with Crippen LogP contribution in [0.15, 0.2) is 0 Å². The average molecular weight is 256 g/mol. The van der Waals surface area contributed by atoms with Crippen molar-refractivity contribution in [1.29, 1.82) is 0 Å². The lowest BCUT2D eigenvalue weighted by molar-refractivity contribution is -0.133. The molecule has 0 saturated carbocycles. The number of hydrogen-bond acceptors (Lipinski definition) is 3. The summed E-state index contributed by atoms with van der Waals surface area (Å²) in [7, 11) is 3.62. The fourth-order valence-corrected chi connectivity index (χ4v) is 2.24. The van der Waals surface area contributed by atoms with Gasteiger partial charge in [-0.3, -0.25) is 9.69 Å². The highest BCUT2D eigenvalue weighted by atomic mass is 16.5. The predicted molar refractivity (Wildman–Crippen MR) is 73.5 cm³/mol. The quantitative estimate of drug-likeness (QED) is 0.723. The van der Waals surface area contributed by atoms with Gasteiger partial charge in [-0.15, -0.1) is 0 Å². The molecule has 0 spiro atoms. The van der Waals surface area contributed by atoms with E-state index in [9.17, 15) is 4.79 Å². The Balaban J connectivity index is 2.30. The molecular formula is C14H28N2O2. The summed E-state index contributed by atoms with van der Waals surface area (Å²) in [5.41, 5.74) is 0. The van der Waals surface area contributed by atoms with Gasteiger partial charge in [-0.05, 0) is 25.7 Å². The molecule has 0 aromatic heterocycles. The molecule has 1 saturated heterocycles. The minimum atomic E-state index is -0.0290. The number of rotatable bonds is 6. The van der Waals surface area contributed by atoms with Crippen LogP contribution in [0.2, 0.25) is 0 Å². The molecule has 18 heavy (non-hydrogen) atoms. The fraction of sp³-hybridized carbons (Fsp3) is 0.929. The van der Waals surface area contributed by atoms with Crippen LogP contribution < -0.4 is 0 Å². The minimum Gasteiger partial charge on any atom is -0.377 e. The topological polar surface area (TPSA) is 32.8 Å². The SMILES string of the molecule is CC(C)CCO[C@@H]1CCN([C@@H](C)C(=O)N(C)C)C1. The van der Waals surface area contributed by atoms with Crippen LogP contribution >= 0.6 is 0 Å². The Morgan fingerprint density at radius 1 is 1.39 bits per heavy atom. The highest BCUT2D eigenvalue weighted by molar-refractivity contribution is 5.80. The lowest BCUT2D eigenvalue weighted by atomic mass is 10.1. The summed E-state index contributed by atoms with van der Waals surface area (Å²) in [6.45, 7) is 9.10. The van der Waals surface area contributed by atoms with Gasteiger partial charge in [0.05, 0.1) is 12.1 Å². The van der Waals surface area contributed by atoms with Crippen LogP contribution in [0.3, 0.4) is 0 Å². The summed E-state index contributed by atoms with van der Waals surface area (Å²) in [4.78, 5) is 15.8. The normalized spacial score (nSPS) is 22.4. The van der Waals surface area contributed by atoms with Crippen molar-refractivity contribution >= 4 is 5.91 Å². The molecule has 1 heterocycles. The van der Waals surface area contributed by atoms with E-state index in [0.29, 0.717) is 12.0 Å². The Labute approximate surface area is 111 Å². The van der Waals surface area contributed by atoms with Crippen LogP contribution in [0.1, 0.15) is 33.6 Å². The molecule has 1 amide bonds. The van der Waals surface area contributed by atoms with Crippen LogP contribution in [0.4, 0.5) is 0 Å². The zero-order chi connectivity index (χ0) is 13.7. The molecule has 0 aliphatic carbocycles. The van der Waals surface area contributed by atoms with Gasteiger partial charge in [0.15, 0.2) is 0 Å². The Morgan fingerprint density at radius 3 is 2.61 bits per heavy atom. The highest BCUT2D eigenvalue weighted by Gasteiger charge is 2.30. The molecule has 0 aromatic carbocycles. The first-order valence-electron chi connectivity index (χ1n) is 6.98. The van der Waals surface area contributed by atoms with Crippen molar-refractivity contribution < 1.29 is 9.53 Å². The van der Waals surface area contributed by atoms with Crippen LogP contribution in [0.5, 0.6) is 0 Å². The summed E-state index contributed by atoms with van der Waals surface area (Å²) in [5.74, 6) is 0.870. The number of likely N-dealkylation sites (N-methyl/N-ethyl adjacent to an activating group) is 1. The fourth-order valence-electron chi connectivity index (χ4n) is 2.24. The minimum absolute atomic E-state index is 0.0290. The number of ether oxygens (including phenoxy) is 1. The Bertz CT molecular complexity index is 267. The summed E-state index contributed by atoms with van der Waals surface area (Å²) in [6.07, 6.45) is 2.47. The van der Waals surface area contributed by atoms with Crippen molar-refractivity contribution in [1.82, 2.24) is 9.80 Å². The molecule has 1 fully saturated rings. The molecule has 0 radical (unpaired) electrons. The Hall–Kier alpha value is -0.610. The van der Waals surface area contributed by atoms with E-state index in [1.807, 2.05) is 21.0 Å². The largest absolute Gasteiger partial charge is 0.377 e. The smallest absolute Gasteiger partial charge is 0.239 e. The van der Waals surface area contributed by atoms with Crippen LogP contribution in [-0.4, -0.2) is 61.6 Å². The van der Waals surface area contributed by atoms with Gasteiger partial charge < -0.3 is 9.64 Å². The second kappa shape index (κ2) is 7.10. The van der Waals surface area contributed by atoms with E-state index in [4.69, 9.17) is 4.74 Å². The number of carbonyl (C=O) groups is 1. The van der Waals surface area contributed by atoms with E-state index in [2.05, 4.69) is 18.7 Å². The number of likely N-dealkylation sites (tertiary alicyclic amines) is 1. The lowest BCUT2D eigenvalue weighted by Crippen LogP contribution is -2.43. The molecule has 106 valence electrons. The summed E-state index contributed by atoms with van der Waals surface area (Å²) >= 11 is 0. The zero-order valence-corrected chi connectivity index (χ0v) is 12.5. The monoisotopic (exact) mass is 256 g/mol. The molecule has 1 rings (SSSR count). The van der Waals surface area contributed by atoms with Crippen molar-refractivity contribution in [2.45, 2.75) is 45.8 Å². The number of amides is 1. The van der Waals surface area contributed by atoms with E-state index in [1.165, 1.54) is 0 Å². The van der Waals surface area contributed by atoms with Crippen molar-refractivity contribution in [3.8, 4) is 0 Å². The van der Waals surface area contributed by atoms with Gasteiger partial charge in [0.2, 0.25) is 5.91 Å². The van der Waals surface area contributed by atoms with E-state index in [-0.39, 0.29) is 11.9 Å². The molecule has 1 aliphatic rings. The lowest BCUT2D eigenvalue weighted by Gasteiger charge is -2.25. The molecule has 4 heteroatoms. The van der Waals surface area contributed by atoms with Gasteiger partial charge in [-0.1, -0.05) is 13.8 Å². The average Bonchev–Trinajstić information content (AvgIpc) is 2.75. The molecule has 0 unspecified atom stereocenters. The van der Waals surface area contributed by atoms with Crippen LogP contribution in [0.25, 0.3) is 0 Å². The van der Waals surface area contributed by atoms with Crippen molar-refractivity contribution in [2.75, 3.05) is 33.8 Å². The molecule has 0 N–H and O–H groups in total. The molecule has 4 nitrogen and oxygen atoms in total. The van der Waals surface area contributed by atoms with E-state index < -0.39 is 0 Å². The van der Waals surface area contributed by atoms with E-state index in [0.717, 1.165) is 32.5 Å². The first kappa shape index (κ1) is 15.4. The zero-order valence-electron chi connectivity index (χ0n) is 12.5. The summed E-state index contributed by atoms with van der Waals surface area (Å²) < 4.78 is 5.87. The number of hydrogen-bond donors (Lipinski definition) is 0. The summed E-state index contributed by atoms with van der Waals surface area (Å²) in [6, 6.07) is -0.0290. The molecular weight excluding hydrogens is 228 g/mol. The first-order chi connectivity index (χ1) is 8.41. The standard InChI is InChI=1S/C14H28N2O2/c1-11(2)7-9-18-13-6-8-16(10-13)12(3)14(17)15(4)5/h11-13H,6-10H2,1-5H3/t12-,13+/m0/s1. The second-order valence-corrected chi connectivity index (χ2v) is 5.87. The van der Waals surface area contributed by atoms with Gasteiger partial charge >= 0.3 is 0 Å². The van der Waals surface area contributed by atoms with Gasteiger partial charge in [0.25, 0.3) is 0 Å². The van der Waals surface area contributed by atoms with Crippen molar-refractivity contribution in [3.05, 3.63) is 0 Å². The third-order valence-electron chi connectivity index (χ3n) is 3.57. The van der Waals surface area contributed by atoms with Gasteiger partial charge in [0, 0.05) is 33.8 Å². The third-order valence-corrected chi connectivity index (χ3v) is 3.57. The van der Waals surface area contributed by atoms with E-state index >= 15 is 0 Å². The predicted octanol–water partition coefficient (Wildman–Crippen LogP) is 1.60. The summed E-state index contributed by atoms with van der Waals surface area (Å²) in [5, 5.41) is 0. The maximum atomic E-state index is 11.9. The number of carbonyl (C=O) groups excluding carboxylic acids is 1. The molecule has 0 bridgehead atoms. The van der Waals surface area contributed by atoms with Crippen molar-refractivity contribution in [3.63, 3.8) is 0 Å². The number of nitrogens with zero attached hydrogens (tertiary/aromatic N) is 2. The Kier molecular flexibility index (Phi) is 6.09. The van der Waals surface area contributed by atoms with E-state index in [1.54, 1.807) is 4.90 Å². The van der Waals surface area contributed by atoms with Gasteiger partial charge in [-0.25, -0.2) is 0 Å². The molecule has 2 atom stereocenters. The van der Waals surface area contributed by atoms with Gasteiger partial charge in [-0.2, -0.15) is 0 Å². The van der Waals surface area contributed by atoms with Crippen LogP contribution in [0, 0.1) is 5.92 Å².